The predicted octanol–water partition coefficient (Wildman–Crippen LogP) is 3.03. The summed E-state index contributed by atoms with van der Waals surface area (Å²) < 4.78 is 13.0. The highest BCUT2D eigenvalue weighted by Crippen LogP contribution is 2.26. The van der Waals surface area contributed by atoms with Gasteiger partial charge >= 0.3 is 0 Å². The van der Waals surface area contributed by atoms with Crippen LogP contribution in [-0.2, 0) is 0 Å². The van der Waals surface area contributed by atoms with Crippen LogP contribution in [0.4, 0.5) is 4.39 Å². The molecule has 1 N–H and O–H groups in total. The molecule has 0 saturated heterocycles. The van der Waals surface area contributed by atoms with E-state index in [0.29, 0.717) is 17.9 Å². The van der Waals surface area contributed by atoms with E-state index in [1.807, 2.05) is 0 Å². The van der Waals surface area contributed by atoms with E-state index in [2.05, 4.69) is 11.4 Å². The molecular weight excluding hydrogens is 243 g/mol. The molecule has 1 fully saturated rings. The van der Waals surface area contributed by atoms with Gasteiger partial charge in [-0.25, -0.2) is 4.39 Å². The van der Waals surface area contributed by atoms with Crippen molar-refractivity contribution >= 4 is 5.91 Å². The van der Waals surface area contributed by atoms with E-state index in [0.717, 1.165) is 25.7 Å². The molecule has 0 unspecified atom stereocenters. The quantitative estimate of drug-likeness (QED) is 0.908. The maximum atomic E-state index is 13.0. The third-order valence-corrected chi connectivity index (χ3v) is 3.65. The van der Waals surface area contributed by atoms with Gasteiger partial charge in [-0.15, -0.1) is 0 Å². The summed E-state index contributed by atoms with van der Waals surface area (Å²) in [5, 5.41) is 11.6. The van der Waals surface area contributed by atoms with Gasteiger partial charge in [0.25, 0.3) is 5.91 Å². The van der Waals surface area contributed by atoms with Crippen LogP contribution in [0, 0.1) is 23.1 Å². The number of nitrogens with one attached hydrogen (secondary N) is 1. The molecule has 3 nitrogen and oxygen atoms in total. The van der Waals surface area contributed by atoms with Crippen LogP contribution in [0.1, 0.15) is 42.5 Å². The number of nitrogens with zero attached hydrogens (tertiary/aromatic N) is 1. The molecule has 19 heavy (non-hydrogen) atoms. The van der Waals surface area contributed by atoms with Crippen molar-refractivity contribution in [2.75, 3.05) is 0 Å². The van der Waals surface area contributed by atoms with Crippen LogP contribution >= 0.6 is 0 Å². The van der Waals surface area contributed by atoms with Crippen molar-refractivity contribution in [2.45, 2.75) is 38.1 Å². The highest BCUT2D eigenvalue weighted by molar-refractivity contribution is 5.94. The first-order valence-electron chi connectivity index (χ1n) is 6.62. The smallest absolute Gasteiger partial charge is 0.251 e. The van der Waals surface area contributed by atoms with Gasteiger partial charge in [-0.1, -0.05) is 6.07 Å². The predicted molar refractivity (Wildman–Crippen MR) is 69.8 cm³/mol. The number of carbonyl (C=O) groups is 1. The summed E-state index contributed by atoms with van der Waals surface area (Å²) in [6, 6.07) is 8.06. The molecule has 1 aromatic rings. The van der Waals surface area contributed by atoms with E-state index in [1.54, 1.807) is 6.07 Å². The number of hydrogen-bond acceptors (Lipinski definition) is 2. The molecule has 4 heteroatoms. The number of nitriles is 1. The van der Waals surface area contributed by atoms with E-state index in [9.17, 15) is 9.18 Å². The molecule has 1 saturated carbocycles. The molecule has 1 aliphatic carbocycles. The number of hydrogen-bond donors (Lipinski definition) is 1. The first-order valence-corrected chi connectivity index (χ1v) is 6.62. The largest absolute Gasteiger partial charge is 0.349 e. The van der Waals surface area contributed by atoms with E-state index in [1.165, 1.54) is 18.2 Å². The summed E-state index contributed by atoms with van der Waals surface area (Å²) in [6.45, 7) is 0. The first-order chi connectivity index (χ1) is 9.19. The Labute approximate surface area is 112 Å². The van der Waals surface area contributed by atoms with Crippen molar-refractivity contribution in [3.05, 3.63) is 35.6 Å². The van der Waals surface area contributed by atoms with Crippen LogP contribution in [0.15, 0.2) is 24.3 Å². The monoisotopic (exact) mass is 260 g/mol. The summed E-state index contributed by atoms with van der Waals surface area (Å²) in [6.07, 6.45) is 4.34. The van der Waals surface area contributed by atoms with Gasteiger partial charge in [-0.2, -0.15) is 5.26 Å². The van der Waals surface area contributed by atoms with E-state index >= 15 is 0 Å². The maximum Gasteiger partial charge on any atom is 0.251 e. The lowest BCUT2D eigenvalue weighted by Crippen LogP contribution is -2.37. The van der Waals surface area contributed by atoms with Crippen molar-refractivity contribution in [3.63, 3.8) is 0 Å². The number of carbonyl (C=O) groups excluding carboxylic acids is 1. The fourth-order valence-electron chi connectivity index (χ4n) is 2.54. The molecule has 1 amide bonds. The van der Waals surface area contributed by atoms with Crippen molar-refractivity contribution in [1.29, 1.82) is 5.26 Å². The minimum Gasteiger partial charge on any atom is -0.349 e. The SMILES string of the molecule is N#CCC1CCC(NC(=O)c2cccc(F)c2)CC1. The average molecular weight is 260 g/mol. The molecule has 1 aromatic carbocycles. The first kappa shape index (κ1) is 13.5. The Bertz CT molecular complexity index is 487. The third kappa shape index (κ3) is 3.78. The van der Waals surface area contributed by atoms with Crippen molar-refractivity contribution in [3.8, 4) is 6.07 Å². The highest BCUT2D eigenvalue weighted by atomic mass is 19.1. The average Bonchev–Trinajstić information content (AvgIpc) is 2.41. The number of rotatable bonds is 3. The number of benzene rings is 1. The molecule has 0 bridgehead atoms. The molecule has 0 heterocycles. The summed E-state index contributed by atoms with van der Waals surface area (Å²) >= 11 is 0. The number of amides is 1. The standard InChI is InChI=1S/C15H17FN2O/c16-13-3-1-2-12(10-13)15(19)18-14-6-4-11(5-7-14)8-9-17/h1-3,10-11,14H,4-8H2,(H,18,19). The van der Waals surface area contributed by atoms with Crippen LogP contribution in [0.3, 0.4) is 0 Å². The Balaban J connectivity index is 1.86. The van der Waals surface area contributed by atoms with Crippen molar-refractivity contribution in [2.24, 2.45) is 5.92 Å². The van der Waals surface area contributed by atoms with Gasteiger partial charge in [0, 0.05) is 18.0 Å². The Morgan fingerprint density at radius 1 is 1.37 bits per heavy atom. The molecule has 0 aliphatic heterocycles. The van der Waals surface area contributed by atoms with Gasteiger partial charge in [0.1, 0.15) is 5.82 Å². The Morgan fingerprint density at radius 3 is 2.74 bits per heavy atom. The van der Waals surface area contributed by atoms with Gasteiger partial charge in [-0.3, -0.25) is 4.79 Å². The summed E-state index contributed by atoms with van der Waals surface area (Å²) in [4.78, 5) is 11.9. The fraction of sp³-hybridized carbons (Fsp3) is 0.467. The normalized spacial score (nSPS) is 22.5. The lowest BCUT2D eigenvalue weighted by Gasteiger charge is -2.27. The van der Waals surface area contributed by atoms with Crippen LogP contribution in [0.25, 0.3) is 0 Å². The van der Waals surface area contributed by atoms with Gasteiger partial charge in [-0.05, 0) is 49.8 Å². The van der Waals surface area contributed by atoms with Crippen LogP contribution < -0.4 is 5.32 Å². The van der Waals surface area contributed by atoms with Crippen LogP contribution in [-0.4, -0.2) is 11.9 Å². The maximum absolute atomic E-state index is 13.0. The zero-order chi connectivity index (χ0) is 13.7. The van der Waals surface area contributed by atoms with Gasteiger partial charge in [0.05, 0.1) is 6.07 Å². The fourth-order valence-corrected chi connectivity index (χ4v) is 2.54. The molecule has 1 aliphatic rings. The number of halogens is 1. The minimum atomic E-state index is -0.398. The van der Waals surface area contributed by atoms with E-state index < -0.39 is 5.82 Å². The van der Waals surface area contributed by atoms with E-state index in [4.69, 9.17) is 5.26 Å². The molecule has 0 spiro atoms. The van der Waals surface area contributed by atoms with Gasteiger partial charge in [0.2, 0.25) is 0 Å². The lowest BCUT2D eigenvalue weighted by atomic mass is 9.84. The van der Waals surface area contributed by atoms with Gasteiger partial charge < -0.3 is 5.32 Å². The second-order valence-corrected chi connectivity index (χ2v) is 5.06. The lowest BCUT2D eigenvalue weighted by molar-refractivity contribution is 0.0921. The van der Waals surface area contributed by atoms with Crippen molar-refractivity contribution in [1.82, 2.24) is 5.32 Å². The van der Waals surface area contributed by atoms with Crippen molar-refractivity contribution < 1.29 is 9.18 Å². The highest BCUT2D eigenvalue weighted by Gasteiger charge is 2.22. The Hall–Kier alpha value is -1.89. The van der Waals surface area contributed by atoms with Gasteiger partial charge in [0.15, 0.2) is 0 Å². The van der Waals surface area contributed by atoms with E-state index in [-0.39, 0.29) is 11.9 Å². The molecule has 2 rings (SSSR count). The third-order valence-electron chi connectivity index (χ3n) is 3.65. The second kappa shape index (κ2) is 6.33. The molecule has 100 valence electrons. The second-order valence-electron chi connectivity index (χ2n) is 5.06. The zero-order valence-electron chi connectivity index (χ0n) is 10.7. The summed E-state index contributed by atoms with van der Waals surface area (Å²) in [5.41, 5.74) is 0.360. The molecule has 0 aromatic heterocycles. The van der Waals surface area contributed by atoms with Crippen LogP contribution in [0.2, 0.25) is 0 Å². The molecule has 0 atom stereocenters. The minimum absolute atomic E-state index is 0.144. The Kier molecular flexibility index (Phi) is 4.51. The zero-order valence-corrected chi connectivity index (χ0v) is 10.7. The topological polar surface area (TPSA) is 52.9 Å². The molecule has 0 radical (unpaired) electrons. The Morgan fingerprint density at radius 2 is 2.11 bits per heavy atom. The summed E-state index contributed by atoms with van der Waals surface area (Å²) in [5.74, 6) is -0.152. The molecular formula is C15H17FN2O. The summed E-state index contributed by atoms with van der Waals surface area (Å²) in [7, 11) is 0. The van der Waals surface area contributed by atoms with Crippen LogP contribution in [0.5, 0.6) is 0 Å².